The molecule has 0 saturated heterocycles. The molecule has 0 unspecified atom stereocenters. The van der Waals surface area contributed by atoms with Gasteiger partial charge in [0, 0.05) is 38.7 Å². The van der Waals surface area contributed by atoms with E-state index in [2.05, 4.69) is 25.5 Å². The van der Waals surface area contributed by atoms with E-state index in [-0.39, 0.29) is 0 Å². The van der Waals surface area contributed by atoms with Crippen molar-refractivity contribution in [2.45, 2.75) is 33.2 Å². The number of aromatic nitrogens is 1. The lowest BCUT2D eigenvalue weighted by molar-refractivity contribution is 0.380. The second kappa shape index (κ2) is 8.74. The molecule has 0 aromatic carbocycles. The van der Waals surface area contributed by atoms with Gasteiger partial charge in [-0.05, 0) is 6.42 Å². The van der Waals surface area contributed by atoms with E-state index in [1.54, 1.807) is 7.05 Å². The molecule has 0 bridgehead atoms. The highest BCUT2D eigenvalue weighted by Gasteiger charge is 2.13. The quantitative estimate of drug-likeness (QED) is 0.352. The van der Waals surface area contributed by atoms with Crippen LogP contribution in [0.1, 0.15) is 30.9 Å². The standard InChI is InChI=1S/C13H25N5O3S/c1-5-11-10(12(6-2)21-18-11)9-16-13(14-3)15-7-8-17-22(4,19)20/h17H,5-9H2,1-4H3,(H2,14,15,16). The predicted molar refractivity (Wildman–Crippen MR) is 86.3 cm³/mol. The van der Waals surface area contributed by atoms with Gasteiger partial charge in [-0.15, -0.1) is 0 Å². The van der Waals surface area contributed by atoms with E-state index in [1.165, 1.54) is 0 Å². The number of aryl methyl sites for hydroxylation is 2. The minimum atomic E-state index is -3.17. The summed E-state index contributed by atoms with van der Waals surface area (Å²) in [5, 5.41) is 10.3. The molecule has 3 N–H and O–H groups in total. The fourth-order valence-electron chi connectivity index (χ4n) is 1.95. The van der Waals surface area contributed by atoms with Crippen LogP contribution in [0.2, 0.25) is 0 Å². The molecule has 0 amide bonds. The Kier molecular flexibility index (Phi) is 7.33. The Balaban J connectivity index is 2.49. The highest BCUT2D eigenvalue weighted by molar-refractivity contribution is 7.88. The molecule has 1 rings (SSSR count). The number of nitrogens with one attached hydrogen (secondary N) is 3. The highest BCUT2D eigenvalue weighted by Crippen LogP contribution is 2.15. The summed E-state index contributed by atoms with van der Waals surface area (Å²) < 4.78 is 29.7. The number of guanidine groups is 1. The molecule has 0 aliphatic rings. The molecule has 0 saturated carbocycles. The summed E-state index contributed by atoms with van der Waals surface area (Å²) in [6.45, 7) is 5.36. The van der Waals surface area contributed by atoms with Crippen molar-refractivity contribution in [3.8, 4) is 0 Å². The number of aliphatic imine (C=N–C) groups is 1. The van der Waals surface area contributed by atoms with Crippen molar-refractivity contribution in [1.29, 1.82) is 0 Å². The van der Waals surface area contributed by atoms with Crippen LogP contribution in [-0.2, 0) is 29.4 Å². The van der Waals surface area contributed by atoms with Crippen LogP contribution in [0.25, 0.3) is 0 Å². The van der Waals surface area contributed by atoms with Crippen LogP contribution in [0.15, 0.2) is 9.52 Å². The fraction of sp³-hybridized carbons (Fsp3) is 0.692. The molecule has 0 aliphatic heterocycles. The summed E-state index contributed by atoms with van der Waals surface area (Å²) in [5.41, 5.74) is 2.00. The molecule has 0 fully saturated rings. The number of sulfonamides is 1. The van der Waals surface area contributed by atoms with Crippen molar-refractivity contribution in [2.24, 2.45) is 4.99 Å². The predicted octanol–water partition coefficient (Wildman–Crippen LogP) is 0.0136. The molecule has 22 heavy (non-hydrogen) atoms. The van der Waals surface area contributed by atoms with Crippen LogP contribution in [0.3, 0.4) is 0 Å². The van der Waals surface area contributed by atoms with Crippen molar-refractivity contribution in [2.75, 3.05) is 26.4 Å². The van der Waals surface area contributed by atoms with Crippen LogP contribution in [0.5, 0.6) is 0 Å². The first-order chi connectivity index (χ1) is 10.4. The molecule has 0 atom stereocenters. The number of rotatable bonds is 8. The van der Waals surface area contributed by atoms with Gasteiger partial charge < -0.3 is 15.2 Å². The van der Waals surface area contributed by atoms with Crippen molar-refractivity contribution >= 4 is 16.0 Å². The maximum absolute atomic E-state index is 11.0. The second-order valence-corrected chi connectivity index (χ2v) is 6.59. The SMILES string of the molecule is CCc1noc(CC)c1CNC(=NC)NCCNS(C)(=O)=O. The van der Waals surface area contributed by atoms with Crippen molar-refractivity contribution in [3.05, 3.63) is 17.0 Å². The first-order valence-corrected chi connectivity index (χ1v) is 9.15. The van der Waals surface area contributed by atoms with Gasteiger partial charge >= 0.3 is 0 Å². The Morgan fingerprint density at radius 2 is 1.95 bits per heavy atom. The zero-order chi connectivity index (χ0) is 16.6. The lowest BCUT2D eigenvalue weighted by atomic mass is 10.1. The van der Waals surface area contributed by atoms with Gasteiger partial charge in [0.2, 0.25) is 10.0 Å². The highest BCUT2D eigenvalue weighted by atomic mass is 32.2. The van der Waals surface area contributed by atoms with E-state index in [9.17, 15) is 8.42 Å². The zero-order valence-corrected chi connectivity index (χ0v) is 14.4. The Morgan fingerprint density at radius 3 is 2.50 bits per heavy atom. The molecule has 0 aliphatic carbocycles. The lowest BCUT2D eigenvalue weighted by Gasteiger charge is -2.12. The third-order valence-electron chi connectivity index (χ3n) is 3.04. The number of hydrogen-bond acceptors (Lipinski definition) is 5. The second-order valence-electron chi connectivity index (χ2n) is 4.76. The van der Waals surface area contributed by atoms with Crippen molar-refractivity contribution in [3.63, 3.8) is 0 Å². The van der Waals surface area contributed by atoms with Crippen LogP contribution in [0, 0.1) is 0 Å². The molecule has 0 radical (unpaired) electrons. The van der Waals surface area contributed by atoms with Crippen molar-refractivity contribution < 1.29 is 12.9 Å². The largest absolute Gasteiger partial charge is 0.361 e. The van der Waals surface area contributed by atoms with E-state index < -0.39 is 10.0 Å². The number of nitrogens with zero attached hydrogens (tertiary/aromatic N) is 2. The Bertz CT molecular complexity index is 573. The third-order valence-corrected chi connectivity index (χ3v) is 3.77. The third kappa shape index (κ3) is 6.02. The van der Waals surface area contributed by atoms with Gasteiger partial charge in [-0.1, -0.05) is 19.0 Å². The first kappa shape index (κ1) is 18.4. The first-order valence-electron chi connectivity index (χ1n) is 7.26. The summed E-state index contributed by atoms with van der Waals surface area (Å²) in [7, 11) is -1.50. The van der Waals surface area contributed by atoms with E-state index >= 15 is 0 Å². The van der Waals surface area contributed by atoms with Gasteiger partial charge in [0.15, 0.2) is 5.96 Å². The Hall–Kier alpha value is -1.61. The maximum atomic E-state index is 11.0. The maximum Gasteiger partial charge on any atom is 0.208 e. The zero-order valence-electron chi connectivity index (χ0n) is 13.6. The average molecular weight is 331 g/mol. The Morgan fingerprint density at radius 1 is 1.23 bits per heavy atom. The van der Waals surface area contributed by atoms with Gasteiger partial charge in [-0.25, -0.2) is 13.1 Å². The monoisotopic (exact) mass is 331 g/mol. The topological polar surface area (TPSA) is 109 Å². The minimum absolute atomic E-state index is 0.299. The van der Waals surface area contributed by atoms with Crippen LogP contribution < -0.4 is 15.4 Å². The minimum Gasteiger partial charge on any atom is -0.361 e. The summed E-state index contributed by atoms with van der Waals surface area (Å²) >= 11 is 0. The van der Waals surface area contributed by atoms with Crippen LogP contribution in [0.4, 0.5) is 0 Å². The normalized spacial score (nSPS) is 12.5. The average Bonchev–Trinajstić information content (AvgIpc) is 2.87. The molecule has 8 nitrogen and oxygen atoms in total. The Labute approximate surface area is 131 Å². The molecule has 9 heteroatoms. The molecule has 1 aromatic rings. The smallest absolute Gasteiger partial charge is 0.208 e. The molecule has 126 valence electrons. The van der Waals surface area contributed by atoms with E-state index in [0.717, 1.165) is 36.1 Å². The lowest BCUT2D eigenvalue weighted by Crippen LogP contribution is -2.41. The molecular weight excluding hydrogens is 306 g/mol. The van der Waals surface area contributed by atoms with Gasteiger partial charge in [0.25, 0.3) is 0 Å². The summed E-state index contributed by atoms with van der Waals surface area (Å²) in [6.07, 6.45) is 2.73. The summed E-state index contributed by atoms with van der Waals surface area (Å²) in [6, 6.07) is 0. The fourth-order valence-corrected chi connectivity index (χ4v) is 2.42. The number of hydrogen-bond donors (Lipinski definition) is 3. The summed E-state index contributed by atoms with van der Waals surface area (Å²) in [4.78, 5) is 4.10. The summed E-state index contributed by atoms with van der Waals surface area (Å²) in [5.74, 6) is 1.47. The van der Waals surface area contributed by atoms with Gasteiger partial charge in [0.1, 0.15) is 5.76 Å². The van der Waals surface area contributed by atoms with Gasteiger partial charge in [-0.2, -0.15) is 0 Å². The van der Waals surface area contributed by atoms with Gasteiger partial charge in [0.05, 0.1) is 11.9 Å². The van der Waals surface area contributed by atoms with E-state index in [4.69, 9.17) is 4.52 Å². The van der Waals surface area contributed by atoms with Crippen molar-refractivity contribution in [1.82, 2.24) is 20.5 Å². The van der Waals surface area contributed by atoms with Crippen LogP contribution in [-0.4, -0.2) is 45.9 Å². The molecule has 0 spiro atoms. The molecule has 1 heterocycles. The molecule has 1 aromatic heterocycles. The van der Waals surface area contributed by atoms with E-state index in [1.807, 2.05) is 13.8 Å². The molecular formula is C13H25N5O3S. The van der Waals surface area contributed by atoms with Gasteiger partial charge in [-0.3, -0.25) is 4.99 Å². The van der Waals surface area contributed by atoms with Crippen LogP contribution >= 0.6 is 0 Å². The van der Waals surface area contributed by atoms with E-state index in [0.29, 0.717) is 25.6 Å².